The van der Waals surface area contributed by atoms with Crippen LogP contribution in [0.4, 0.5) is 0 Å². The Labute approximate surface area is 159 Å². The summed E-state index contributed by atoms with van der Waals surface area (Å²) in [6, 6.07) is 14.4. The van der Waals surface area contributed by atoms with Crippen LogP contribution in [0.25, 0.3) is 0 Å². The van der Waals surface area contributed by atoms with Crippen LogP contribution in [0.3, 0.4) is 0 Å². The summed E-state index contributed by atoms with van der Waals surface area (Å²) in [6.45, 7) is 7.60. The first-order chi connectivity index (χ1) is 11.2. The highest BCUT2D eigenvalue weighted by molar-refractivity contribution is 8.00. The molecule has 0 heterocycles. The largest absolute Gasteiger partial charge is 0.223 e. The molecule has 0 spiro atoms. The van der Waals surface area contributed by atoms with E-state index in [4.69, 9.17) is 23.2 Å². The second-order valence-corrected chi connectivity index (χ2v) is 10.5. The molecule has 0 aliphatic heterocycles. The van der Waals surface area contributed by atoms with Gasteiger partial charge in [-0.25, -0.2) is 8.42 Å². The molecule has 0 aliphatic rings. The van der Waals surface area contributed by atoms with Gasteiger partial charge in [0.1, 0.15) is 0 Å². The fraction of sp³-hybridized carbons (Fsp3) is 0.333. The maximum absolute atomic E-state index is 11.7. The molecular formula is C18H22Cl2O2S2. The van der Waals surface area contributed by atoms with Crippen LogP contribution in [-0.2, 0) is 9.84 Å². The van der Waals surface area contributed by atoms with E-state index in [-0.39, 0.29) is 9.92 Å². The molecule has 0 unspecified atom stereocenters. The Morgan fingerprint density at radius 1 is 0.833 bits per heavy atom. The summed E-state index contributed by atoms with van der Waals surface area (Å²) in [5.41, 5.74) is 0. The summed E-state index contributed by atoms with van der Waals surface area (Å²) in [7, 11) is -3.24. The predicted octanol–water partition coefficient (Wildman–Crippen LogP) is 6.36. The van der Waals surface area contributed by atoms with E-state index in [1.807, 2.05) is 24.3 Å². The summed E-state index contributed by atoms with van der Waals surface area (Å²) in [6.07, 6.45) is 0. The number of rotatable bonds is 4. The highest BCUT2D eigenvalue weighted by Crippen LogP contribution is 2.29. The number of hydrogen-bond donors (Lipinski definition) is 0. The number of hydrogen-bond acceptors (Lipinski definition) is 3. The van der Waals surface area contributed by atoms with Crippen LogP contribution in [0.2, 0.25) is 10.0 Å². The van der Waals surface area contributed by atoms with Gasteiger partial charge < -0.3 is 0 Å². The van der Waals surface area contributed by atoms with Crippen LogP contribution in [0.15, 0.2) is 58.3 Å². The van der Waals surface area contributed by atoms with Gasteiger partial charge >= 0.3 is 0 Å². The molecule has 0 N–H and O–H groups in total. The highest BCUT2D eigenvalue weighted by atomic mass is 35.5. The molecule has 0 radical (unpaired) electrons. The van der Waals surface area contributed by atoms with Gasteiger partial charge in [-0.2, -0.15) is 0 Å². The topological polar surface area (TPSA) is 34.1 Å². The Kier molecular flexibility index (Phi) is 8.65. The summed E-state index contributed by atoms with van der Waals surface area (Å²) in [5, 5.41) is 1.30. The van der Waals surface area contributed by atoms with E-state index in [1.54, 1.807) is 43.8 Å². The highest BCUT2D eigenvalue weighted by Gasteiger charge is 2.21. The van der Waals surface area contributed by atoms with E-state index in [1.165, 1.54) is 11.0 Å². The van der Waals surface area contributed by atoms with Gasteiger partial charge in [0.15, 0.2) is 9.84 Å². The molecule has 2 nitrogen and oxygen atoms in total. The molecule has 0 aliphatic carbocycles. The standard InChI is InChI=1S/C9H11ClO2S.C9H11ClS/c1-7(2)13(11,12)9-6-4-3-5-8(9)10;1-7(2)11-9-6-4-3-5-8(9)10/h3-7H,1-2H3;3-7H,1-2H3. The third-order valence-electron chi connectivity index (χ3n) is 2.96. The molecule has 0 amide bonds. The molecule has 0 atom stereocenters. The van der Waals surface area contributed by atoms with E-state index >= 15 is 0 Å². The maximum atomic E-state index is 11.7. The monoisotopic (exact) mass is 404 g/mol. The molecule has 0 saturated heterocycles. The molecule has 0 aromatic heterocycles. The molecule has 24 heavy (non-hydrogen) atoms. The van der Waals surface area contributed by atoms with Gasteiger partial charge in [-0.15, -0.1) is 11.8 Å². The molecule has 6 heteroatoms. The van der Waals surface area contributed by atoms with Crippen molar-refractivity contribution >= 4 is 44.8 Å². The van der Waals surface area contributed by atoms with Crippen molar-refractivity contribution in [2.75, 3.05) is 0 Å². The quantitative estimate of drug-likeness (QED) is 0.555. The minimum Gasteiger partial charge on any atom is -0.223 e. The number of thioether (sulfide) groups is 1. The Hall–Kier alpha value is -0.680. The van der Waals surface area contributed by atoms with E-state index < -0.39 is 15.1 Å². The van der Waals surface area contributed by atoms with Crippen molar-refractivity contribution in [3.8, 4) is 0 Å². The number of benzene rings is 2. The van der Waals surface area contributed by atoms with Crippen LogP contribution in [0, 0.1) is 0 Å². The first-order valence-electron chi connectivity index (χ1n) is 7.56. The fourth-order valence-electron chi connectivity index (χ4n) is 1.72. The van der Waals surface area contributed by atoms with Crippen molar-refractivity contribution in [1.29, 1.82) is 0 Å². The molecular weight excluding hydrogens is 383 g/mol. The third-order valence-corrected chi connectivity index (χ3v) is 7.14. The molecule has 132 valence electrons. The van der Waals surface area contributed by atoms with E-state index in [0.29, 0.717) is 5.25 Å². The normalized spacial score (nSPS) is 11.3. The summed E-state index contributed by atoms with van der Waals surface area (Å²) >= 11 is 13.5. The van der Waals surface area contributed by atoms with Gasteiger partial charge in [-0.1, -0.05) is 61.3 Å². The van der Waals surface area contributed by atoms with Crippen molar-refractivity contribution in [3.05, 3.63) is 58.6 Å². The zero-order chi connectivity index (χ0) is 18.3. The SMILES string of the molecule is CC(C)S(=O)(=O)c1ccccc1Cl.CC(C)Sc1ccccc1Cl. The minimum absolute atomic E-state index is 0.215. The lowest BCUT2D eigenvalue weighted by Gasteiger charge is -2.08. The zero-order valence-corrected chi connectivity index (χ0v) is 17.3. The zero-order valence-electron chi connectivity index (χ0n) is 14.2. The minimum atomic E-state index is -3.24. The lowest BCUT2D eigenvalue weighted by Crippen LogP contribution is -2.14. The van der Waals surface area contributed by atoms with Gasteiger partial charge in [0.2, 0.25) is 0 Å². The molecule has 2 rings (SSSR count). The molecule has 0 fully saturated rings. The second kappa shape index (κ2) is 9.71. The summed E-state index contributed by atoms with van der Waals surface area (Å²) < 4.78 is 23.3. The first-order valence-corrected chi connectivity index (χ1v) is 10.7. The lowest BCUT2D eigenvalue weighted by molar-refractivity contribution is 0.587. The van der Waals surface area contributed by atoms with Crippen LogP contribution in [0.5, 0.6) is 0 Å². The average molecular weight is 405 g/mol. The van der Waals surface area contributed by atoms with Crippen molar-refractivity contribution in [3.63, 3.8) is 0 Å². The molecule has 2 aromatic rings. The van der Waals surface area contributed by atoms with Crippen LogP contribution in [-0.4, -0.2) is 18.9 Å². The van der Waals surface area contributed by atoms with E-state index in [0.717, 1.165) is 5.02 Å². The third kappa shape index (κ3) is 6.32. The van der Waals surface area contributed by atoms with Crippen LogP contribution in [0.1, 0.15) is 27.7 Å². The van der Waals surface area contributed by atoms with Crippen LogP contribution < -0.4 is 0 Å². The Morgan fingerprint density at radius 3 is 1.79 bits per heavy atom. The number of sulfone groups is 1. The Morgan fingerprint density at radius 2 is 1.33 bits per heavy atom. The smallest absolute Gasteiger partial charge is 0.182 e. The van der Waals surface area contributed by atoms with E-state index in [9.17, 15) is 8.42 Å². The summed E-state index contributed by atoms with van der Waals surface area (Å²) in [5.74, 6) is 0. The Balaban J connectivity index is 0.000000243. The van der Waals surface area contributed by atoms with Gasteiger partial charge in [0.25, 0.3) is 0 Å². The van der Waals surface area contributed by atoms with Gasteiger partial charge in [-0.3, -0.25) is 0 Å². The number of halogens is 2. The molecule has 0 saturated carbocycles. The van der Waals surface area contributed by atoms with Crippen LogP contribution >= 0.6 is 35.0 Å². The lowest BCUT2D eigenvalue weighted by atomic mass is 10.4. The van der Waals surface area contributed by atoms with Gasteiger partial charge in [0, 0.05) is 10.1 Å². The van der Waals surface area contributed by atoms with Crippen molar-refractivity contribution in [1.82, 2.24) is 0 Å². The van der Waals surface area contributed by atoms with Gasteiger partial charge in [-0.05, 0) is 38.1 Å². The van der Waals surface area contributed by atoms with Crippen molar-refractivity contribution < 1.29 is 8.42 Å². The molecule has 2 aromatic carbocycles. The Bertz CT molecular complexity index is 757. The fourth-order valence-corrected chi connectivity index (χ4v) is 4.41. The molecule has 0 bridgehead atoms. The van der Waals surface area contributed by atoms with Crippen molar-refractivity contribution in [2.45, 2.75) is 48.0 Å². The summed E-state index contributed by atoms with van der Waals surface area (Å²) in [4.78, 5) is 1.39. The first kappa shape index (κ1) is 21.4. The predicted molar refractivity (Wildman–Crippen MR) is 106 cm³/mol. The van der Waals surface area contributed by atoms with Crippen molar-refractivity contribution in [2.24, 2.45) is 0 Å². The van der Waals surface area contributed by atoms with E-state index in [2.05, 4.69) is 13.8 Å². The van der Waals surface area contributed by atoms with Gasteiger partial charge in [0.05, 0.1) is 20.2 Å². The maximum Gasteiger partial charge on any atom is 0.182 e. The average Bonchev–Trinajstić information content (AvgIpc) is 2.50. The second-order valence-electron chi connectivity index (χ2n) is 5.62.